The standard InChI is InChI=1S/C18H25N3O3/c1-2-3-4-7-12-19-16(22)10-11-18(24)21-13-17(23)20-14-8-5-6-9-15(14)21/h5-6,8-9H,2-4,7,10-13H2,1H3,(H,19,22)(H,20,23). The molecule has 0 radical (unpaired) electrons. The van der Waals surface area contributed by atoms with Crippen LogP contribution in [0.5, 0.6) is 0 Å². The van der Waals surface area contributed by atoms with Gasteiger partial charge < -0.3 is 15.5 Å². The fourth-order valence-electron chi connectivity index (χ4n) is 2.68. The first-order valence-corrected chi connectivity index (χ1v) is 8.57. The van der Waals surface area contributed by atoms with Crippen molar-refractivity contribution in [2.45, 2.75) is 45.4 Å². The summed E-state index contributed by atoms with van der Waals surface area (Å²) in [5.41, 5.74) is 1.31. The van der Waals surface area contributed by atoms with Crippen LogP contribution in [0.25, 0.3) is 0 Å². The smallest absolute Gasteiger partial charge is 0.244 e. The Hall–Kier alpha value is -2.37. The first-order valence-electron chi connectivity index (χ1n) is 8.57. The number of anilines is 2. The van der Waals surface area contributed by atoms with Crippen molar-refractivity contribution in [3.8, 4) is 0 Å². The lowest BCUT2D eigenvalue weighted by atomic mass is 10.1. The normalized spacial score (nSPS) is 13.2. The zero-order chi connectivity index (χ0) is 17.4. The van der Waals surface area contributed by atoms with Crippen molar-refractivity contribution in [3.05, 3.63) is 24.3 Å². The molecule has 0 fully saturated rings. The molecule has 0 aliphatic carbocycles. The Labute approximate surface area is 142 Å². The Bertz CT molecular complexity index is 601. The summed E-state index contributed by atoms with van der Waals surface area (Å²) in [5.74, 6) is -0.546. The topological polar surface area (TPSA) is 78.5 Å². The third-order valence-corrected chi connectivity index (χ3v) is 3.99. The number of benzene rings is 1. The highest BCUT2D eigenvalue weighted by Crippen LogP contribution is 2.29. The molecule has 6 nitrogen and oxygen atoms in total. The molecule has 1 aliphatic rings. The van der Waals surface area contributed by atoms with E-state index in [1.807, 2.05) is 6.07 Å². The minimum absolute atomic E-state index is 0.00547. The van der Waals surface area contributed by atoms with Gasteiger partial charge in [-0.2, -0.15) is 0 Å². The molecule has 1 heterocycles. The van der Waals surface area contributed by atoms with Crippen molar-refractivity contribution in [3.63, 3.8) is 0 Å². The second kappa shape index (κ2) is 9.05. The summed E-state index contributed by atoms with van der Waals surface area (Å²) in [6, 6.07) is 7.18. The maximum absolute atomic E-state index is 12.4. The van der Waals surface area contributed by atoms with E-state index >= 15 is 0 Å². The summed E-state index contributed by atoms with van der Waals surface area (Å²) in [6.07, 6.45) is 4.65. The maximum Gasteiger partial charge on any atom is 0.244 e. The van der Waals surface area contributed by atoms with Gasteiger partial charge in [-0.05, 0) is 18.6 Å². The molecule has 0 bridgehead atoms. The third kappa shape index (κ3) is 5.08. The molecule has 0 unspecified atom stereocenters. The van der Waals surface area contributed by atoms with Crippen molar-refractivity contribution in [1.29, 1.82) is 0 Å². The Morgan fingerprint density at radius 3 is 2.75 bits per heavy atom. The van der Waals surface area contributed by atoms with E-state index in [0.29, 0.717) is 17.9 Å². The highest BCUT2D eigenvalue weighted by atomic mass is 16.2. The fourth-order valence-corrected chi connectivity index (χ4v) is 2.68. The summed E-state index contributed by atoms with van der Waals surface area (Å²) in [5, 5.41) is 5.58. The Morgan fingerprint density at radius 1 is 1.17 bits per heavy atom. The number of para-hydroxylation sites is 2. The summed E-state index contributed by atoms with van der Waals surface area (Å²) >= 11 is 0. The van der Waals surface area contributed by atoms with Crippen LogP contribution in [0.1, 0.15) is 45.4 Å². The second-order valence-corrected chi connectivity index (χ2v) is 5.96. The number of rotatable bonds is 8. The predicted molar refractivity (Wildman–Crippen MR) is 93.8 cm³/mol. The zero-order valence-corrected chi connectivity index (χ0v) is 14.1. The lowest BCUT2D eigenvalue weighted by Crippen LogP contribution is -2.42. The number of hydrogen-bond donors (Lipinski definition) is 2. The van der Waals surface area contributed by atoms with Gasteiger partial charge in [-0.25, -0.2) is 0 Å². The summed E-state index contributed by atoms with van der Waals surface area (Å²) in [7, 11) is 0. The molecule has 24 heavy (non-hydrogen) atoms. The fraction of sp³-hybridized carbons (Fsp3) is 0.500. The molecule has 6 heteroatoms. The van der Waals surface area contributed by atoms with Crippen LogP contribution < -0.4 is 15.5 Å². The molecule has 0 atom stereocenters. The Morgan fingerprint density at radius 2 is 1.96 bits per heavy atom. The van der Waals surface area contributed by atoms with Crippen molar-refractivity contribution in [2.24, 2.45) is 0 Å². The van der Waals surface area contributed by atoms with Crippen LogP contribution in [0.3, 0.4) is 0 Å². The number of nitrogens with zero attached hydrogens (tertiary/aromatic N) is 1. The SMILES string of the molecule is CCCCCCNC(=O)CCC(=O)N1CC(=O)Nc2ccccc21. The number of carbonyl (C=O) groups is 3. The van der Waals surface area contributed by atoms with Gasteiger partial charge in [0.2, 0.25) is 17.7 Å². The van der Waals surface area contributed by atoms with Crippen molar-refractivity contribution >= 4 is 29.1 Å². The van der Waals surface area contributed by atoms with E-state index in [-0.39, 0.29) is 37.1 Å². The van der Waals surface area contributed by atoms with Crippen LogP contribution in [-0.2, 0) is 14.4 Å². The van der Waals surface area contributed by atoms with Gasteiger partial charge >= 0.3 is 0 Å². The summed E-state index contributed by atoms with van der Waals surface area (Å²) < 4.78 is 0. The molecule has 1 aliphatic heterocycles. The van der Waals surface area contributed by atoms with Crippen LogP contribution in [0, 0.1) is 0 Å². The number of nitrogens with one attached hydrogen (secondary N) is 2. The lowest BCUT2D eigenvalue weighted by molar-refractivity contribution is -0.125. The van der Waals surface area contributed by atoms with E-state index in [1.54, 1.807) is 18.2 Å². The van der Waals surface area contributed by atoms with Gasteiger partial charge in [-0.3, -0.25) is 14.4 Å². The first-order chi connectivity index (χ1) is 11.6. The van der Waals surface area contributed by atoms with Crippen LogP contribution in [0.15, 0.2) is 24.3 Å². The van der Waals surface area contributed by atoms with Crippen LogP contribution in [0.4, 0.5) is 11.4 Å². The molecule has 0 saturated heterocycles. The quantitative estimate of drug-likeness (QED) is 0.718. The molecule has 0 aromatic heterocycles. The van der Waals surface area contributed by atoms with E-state index in [2.05, 4.69) is 17.6 Å². The summed E-state index contributed by atoms with van der Waals surface area (Å²) in [4.78, 5) is 37.4. The molecular weight excluding hydrogens is 306 g/mol. The first kappa shape index (κ1) is 18.0. The van der Waals surface area contributed by atoms with Crippen molar-refractivity contribution < 1.29 is 14.4 Å². The van der Waals surface area contributed by atoms with Crippen LogP contribution in [-0.4, -0.2) is 30.8 Å². The minimum atomic E-state index is -0.220. The van der Waals surface area contributed by atoms with Crippen LogP contribution in [0.2, 0.25) is 0 Å². The average Bonchev–Trinajstić information content (AvgIpc) is 2.58. The van der Waals surface area contributed by atoms with Gasteiger partial charge in [-0.15, -0.1) is 0 Å². The molecule has 0 saturated carbocycles. The number of carbonyl (C=O) groups excluding carboxylic acids is 3. The van der Waals surface area contributed by atoms with Gasteiger partial charge in [-0.1, -0.05) is 38.3 Å². The van der Waals surface area contributed by atoms with Gasteiger partial charge in [0.25, 0.3) is 0 Å². The third-order valence-electron chi connectivity index (χ3n) is 3.99. The van der Waals surface area contributed by atoms with E-state index in [9.17, 15) is 14.4 Å². The predicted octanol–water partition coefficient (Wildman–Crippen LogP) is 2.45. The van der Waals surface area contributed by atoms with Gasteiger partial charge in [0.05, 0.1) is 11.4 Å². The number of fused-ring (bicyclic) bond motifs is 1. The highest BCUT2D eigenvalue weighted by Gasteiger charge is 2.26. The Balaban J connectivity index is 1.80. The van der Waals surface area contributed by atoms with Crippen molar-refractivity contribution in [2.75, 3.05) is 23.3 Å². The molecular formula is C18H25N3O3. The second-order valence-electron chi connectivity index (χ2n) is 5.96. The molecule has 2 N–H and O–H groups in total. The molecule has 3 amide bonds. The Kier molecular flexibility index (Phi) is 6.78. The zero-order valence-electron chi connectivity index (χ0n) is 14.1. The molecule has 1 aromatic carbocycles. The highest BCUT2D eigenvalue weighted by molar-refractivity contribution is 6.10. The average molecular weight is 331 g/mol. The summed E-state index contributed by atoms with van der Waals surface area (Å²) in [6.45, 7) is 2.79. The molecule has 2 rings (SSSR count). The van der Waals surface area contributed by atoms with E-state index < -0.39 is 0 Å². The monoisotopic (exact) mass is 331 g/mol. The van der Waals surface area contributed by atoms with Gasteiger partial charge in [0, 0.05) is 19.4 Å². The van der Waals surface area contributed by atoms with Gasteiger partial charge in [0.1, 0.15) is 6.54 Å². The van der Waals surface area contributed by atoms with Crippen molar-refractivity contribution in [1.82, 2.24) is 5.32 Å². The molecule has 0 spiro atoms. The molecule has 130 valence electrons. The van der Waals surface area contributed by atoms with Crippen LogP contribution >= 0.6 is 0 Å². The van der Waals surface area contributed by atoms with E-state index in [0.717, 1.165) is 19.3 Å². The number of amides is 3. The number of unbranched alkanes of at least 4 members (excludes halogenated alkanes) is 3. The minimum Gasteiger partial charge on any atom is -0.356 e. The largest absolute Gasteiger partial charge is 0.356 e. The lowest BCUT2D eigenvalue weighted by Gasteiger charge is -2.29. The van der Waals surface area contributed by atoms with E-state index in [4.69, 9.17) is 0 Å². The maximum atomic E-state index is 12.4. The van der Waals surface area contributed by atoms with E-state index in [1.165, 1.54) is 11.3 Å². The van der Waals surface area contributed by atoms with Gasteiger partial charge in [0.15, 0.2) is 0 Å². The molecule has 1 aromatic rings. The number of hydrogen-bond acceptors (Lipinski definition) is 3.